The molecule has 0 bridgehead atoms. The second kappa shape index (κ2) is 11.9. The predicted octanol–water partition coefficient (Wildman–Crippen LogP) is 3.85. The molecular formula is C21H27Cl2N3O4. The fourth-order valence-electron chi connectivity index (χ4n) is 2.96. The van der Waals surface area contributed by atoms with Crippen molar-refractivity contribution in [3.63, 3.8) is 0 Å². The Morgan fingerprint density at radius 1 is 1.20 bits per heavy atom. The summed E-state index contributed by atoms with van der Waals surface area (Å²) >= 11 is 12.1. The Morgan fingerprint density at radius 3 is 2.53 bits per heavy atom. The van der Waals surface area contributed by atoms with Crippen LogP contribution in [-0.2, 0) is 32.2 Å². The first kappa shape index (κ1) is 24.2. The molecule has 30 heavy (non-hydrogen) atoms. The number of methoxy groups -OCH3 is 1. The first-order valence-corrected chi connectivity index (χ1v) is 10.4. The van der Waals surface area contributed by atoms with Gasteiger partial charge in [-0.3, -0.25) is 9.59 Å². The molecule has 1 heterocycles. The van der Waals surface area contributed by atoms with E-state index in [0.29, 0.717) is 35.5 Å². The molecule has 2 aromatic rings. The standard InChI is InChI=1S/C21H27Cl2N3O4/c1-14(2)6-19(21(28)29-3)25-5-4-20(27)30-12-18-10-24-13-26(18)11-15-7-16(22)9-17(23)8-15/h7-10,13-14,19,25H,4-6,11-12H2,1-3H3. The number of nitrogens with zero attached hydrogens (tertiary/aromatic N) is 2. The first-order valence-electron chi connectivity index (χ1n) is 9.69. The molecule has 0 saturated carbocycles. The molecule has 0 saturated heterocycles. The molecule has 1 atom stereocenters. The Balaban J connectivity index is 1.82. The van der Waals surface area contributed by atoms with Crippen molar-refractivity contribution in [3.8, 4) is 0 Å². The quantitative estimate of drug-likeness (QED) is 0.518. The van der Waals surface area contributed by atoms with Gasteiger partial charge in [0.2, 0.25) is 0 Å². The minimum absolute atomic E-state index is 0.0968. The Kier molecular flexibility index (Phi) is 9.62. The van der Waals surface area contributed by atoms with Crippen molar-refractivity contribution in [1.29, 1.82) is 0 Å². The minimum atomic E-state index is -0.436. The highest BCUT2D eigenvalue weighted by molar-refractivity contribution is 6.34. The lowest BCUT2D eigenvalue weighted by atomic mass is 10.0. The maximum atomic E-state index is 12.1. The lowest BCUT2D eigenvalue weighted by Gasteiger charge is -2.18. The van der Waals surface area contributed by atoms with Gasteiger partial charge in [0.1, 0.15) is 12.6 Å². The maximum Gasteiger partial charge on any atom is 0.322 e. The van der Waals surface area contributed by atoms with E-state index in [1.165, 1.54) is 7.11 Å². The third kappa shape index (κ3) is 7.97. The average molecular weight is 456 g/mol. The molecule has 0 spiro atoms. The van der Waals surface area contributed by atoms with Crippen LogP contribution in [0.5, 0.6) is 0 Å². The van der Waals surface area contributed by atoms with Crippen LogP contribution in [0, 0.1) is 5.92 Å². The number of esters is 2. The number of aromatic nitrogens is 2. The van der Waals surface area contributed by atoms with Crippen molar-refractivity contribution in [1.82, 2.24) is 14.9 Å². The Bertz CT molecular complexity index is 834. The number of nitrogens with one attached hydrogen (secondary N) is 1. The van der Waals surface area contributed by atoms with Crippen molar-refractivity contribution in [2.24, 2.45) is 5.92 Å². The molecule has 1 N–H and O–H groups in total. The molecule has 2 rings (SSSR count). The second-order valence-corrected chi connectivity index (χ2v) is 8.23. The fourth-order valence-corrected chi connectivity index (χ4v) is 3.53. The Hall–Kier alpha value is -2.09. The fraction of sp³-hybridized carbons (Fsp3) is 0.476. The van der Waals surface area contributed by atoms with Crippen LogP contribution in [0.3, 0.4) is 0 Å². The van der Waals surface area contributed by atoms with Gasteiger partial charge in [0.05, 0.1) is 31.7 Å². The molecule has 1 unspecified atom stereocenters. The zero-order chi connectivity index (χ0) is 22.1. The van der Waals surface area contributed by atoms with Crippen LogP contribution in [-0.4, -0.2) is 41.2 Å². The number of hydrogen-bond acceptors (Lipinski definition) is 6. The van der Waals surface area contributed by atoms with Gasteiger partial charge in [0, 0.05) is 23.1 Å². The monoisotopic (exact) mass is 455 g/mol. The van der Waals surface area contributed by atoms with Gasteiger partial charge in [-0.25, -0.2) is 4.98 Å². The van der Waals surface area contributed by atoms with E-state index in [2.05, 4.69) is 10.3 Å². The van der Waals surface area contributed by atoms with E-state index >= 15 is 0 Å². The number of hydrogen-bond donors (Lipinski definition) is 1. The third-order valence-corrected chi connectivity index (χ3v) is 4.80. The normalized spacial score (nSPS) is 12.1. The Morgan fingerprint density at radius 2 is 1.90 bits per heavy atom. The van der Waals surface area contributed by atoms with E-state index in [1.807, 2.05) is 30.5 Å². The summed E-state index contributed by atoms with van der Waals surface area (Å²) in [5.41, 5.74) is 1.67. The summed E-state index contributed by atoms with van der Waals surface area (Å²) in [6, 6.07) is 4.88. The first-order chi connectivity index (χ1) is 14.3. The average Bonchev–Trinajstić information content (AvgIpc) is 3.10. The highest BCUT2D eigenvalue weighted by Gasteiger charge is 2.20. The summed E-state index contributed by atoms with van der Waals surface area (Å²) < 4.78 is 12.0. The molecule has 7 nitrogen and oxygen atoms in total. The third-order valence-electron chi connectivity index (χ3n) is 4.37. The number of benzene rings is 1. The van der Waals surface area contributed by atoms with E-state index in [0.717, 1.165) is 11.3 Å². The predicted molar refractivity (Wildman–Crippen MR) is 115 cm³/mol. The van der Waals surface area contributed by atoms with Crippen molar-refractivity contribution in [2.75, 3.05) is 13.7 Å². The van der Waals surface area contributed by atoms with Crippen LogP contribution in [0.1, 0.15) is 37.9 Å². The van der Waals surface area contributed by atoms with Gasteiger partial charge in [0.15, 0.2) is 0 Å². The molecule has 9 heteroatoms. The molecule has 0 aliphatic carbocycles. The van der Waals surface area contributed by atoms with Gasteiger partial charge in [-0.05, 0) is 36.1 Å². The summed E-state index contributed by atoms with van der Waals surface area (Å²) in [7, 11) is 1.35. The van der Waals surface area contributed by atoms with E-state index in [-0.39, 0.29) is 25.0 Å². The molecule has 0 amide bonds. The number of rotatable bonds is 11. The van der Waals surface area contributed by atoms with Crippen LogP contribution >= 0.6 is 23.2 Å². The summed E-state index contributed by atoms with van der Waals surface area (Å²) in [5.74, 6) is -0.375. The van der Waals surface area contributed by atoms with Crippen LogP contribution in [0.2, 0.25) is 10.0 Å². The molecular weight excluding hydrogens is 429 g/mol. The van der Waals surface area contributed by atoms with E-state index in [9.17, 15) is 9.59 Å². The van der Waals surface area contributed by atoms with Crippen molar-refractivity contribution in [2.45, 2.75) is 45.9 Å². The topological polar surface area (TPSA) is 82.4 Å². The minimum Gasteiger partial charge on any atom is -0.468 e. The van der Waals surface area contributed by atoms with E-state index < -0.39 is 6.04 Å². The number of ether oxygens (including phenoxy) is 2. The van der Waals surface area contributed by atoms with Gasteiger partial charge in [-0.15, -0.1) is 0 Å². The number of carbonyl (C=O) groups excluding carboxylic acids is 2. The summed E-state index contributed by atoms with van der Waals surface area (Å²) in [4.78, 5) is 28.0. The molecule has 0 aliphatic heterocycles. The highest BCUT2D eigenvalue weighted by Crippen LogP contribution is 2.20. The smallest absolute Gasteiger partial charge is 0.322 e. The lowest BCUT2D eigenvalue weighted by molar-refractivity contribution is -0.146. The van der Waals surface area contributed by atoms with E-state index in [1.54, 1.807) is 18.6 Å². The van der Waals surface area contributed by atoms with Crippen molar-refractivity contribution in [3.05, 3.63) is 52.0 Å². The zero-order valence-electron chi connectivity index (χ0n) is 17.4. The van der Waals surface area contributed by atoms with Crippen LogP contribution in [0.25, 0.3) is 0 Å². The van der Waals surface area contributed by atoms with Crippen molar-refractivity contribution < 1.29 is 19.1 Å². The van der Waals surface area contributed by atoms with E-state index in [4.69, 9.17) is 32.7 Å². The van der Waals surface area contributed by atoms with Gasteiger partial charge in [-0.2, -0.15) is 0 Å². The largest absolute Gasteiger partial charge is 0.468 e. The van der Waals surface area contributed by atoms with Crippen LogP contribution in [0.15, 0.2) is 30.7 Å². The molecule has 0 aliphatic rings. The van der Waals surface area contributed by atoms with Gasteiger partial charge >= 0.3 is 11.9 Å². The second-order valence-electron chi connectivity index (χ2n) is 7.36. The zero-order valence-corrected chi connectivity index (χ0v) is 18.9. The number of carbonyl (C=O) groups is 2. The molecule has 0 fully saturated rings. The molecule has 1 aromatic heterocycles. The summed E-state index contributed by atoms with van der Waals surface area (Å²) in [5, 5.41) is 4.18. The summed E-state index contributed by atoms with van der Waals surface area (Å²) in [6.07, 6.45) is 4.08. The highest BCUT2D eigenvalue weighted by atomic mass is 35.5. The summed E-state index contributed by atoms with van der Waals surface area (Å²) in [6.45, 7) is 4.97. The van der Waals surface area contributed by atoms with Gasteiger partial charge in [0.25, 0.3) is 0 Å². The number of halogens is 2. The van der Waals surface area contributed by atoms with Crippen molar-refractivity contribution >= 4 is 35.1 Å². The Labute approximate surface area is 186 Å². The van der Waals surface area contributed by atoms with Gasteiger partial charge in [-0.1, -0.05) is 37.0 Å². The molecule has 164 valence electrons. The maximum absolute atomic E-state index is 12.1. The number of imidazole rings is 1. The SMILES string of the molecule is COC(=O)C(CC(C)C)NCCC(=O)OCc1cncn1Cc1cc(Cl)cc(Cl)c1. The lowest BCUT2D eigenvalue weighted by Crippen LogP contribution is -2.39. The molecule has 0 radical (unpaired) electrons. The molecule has 1 aromatic carbocycles. The van der Waals surface area contributed by atoms with Crippen LogP contribution in [0.4, 0.5) is 0 Å². The van der Waals surface area contributed by atoms with Crippen LogP contribution < -0.4 is 5.32 Å². The van der Waals surface area contributed by atoms with Gasteiger partial charge < -0.3 is 19.4 Å².